The fraction of sp³-hybridized carbons (Fsp3) is 0.333. The number of halogens is 2. The van der Waals surface area contributed by atoms with Crippen molar-refractivity contribution < 1.29 is 17.9 Å². The van der Waals surface area contributed by atoms with Gasteiger partial charge in [-0.25, -0.2) is 8.42 Å². The van der Waals surface area contributed by atoms with Gasteiger partial charge in [-0.15, -0.1) is 0 Å². The fourth-order valence-electron chi connectivity index (χ4n) is 3.03. The van der Waals surface area contributed by atoms with Gasteiger partial charge in [0, 0.05) is 32.2 Å². The van der Waals surface area contributed by atoms with E-state index in [-0.39, 0.29) is 10.6 Å². The SMILES string of the molecule is COc1ccc(S(=O)(=O)N2CCN(c3cccc(Cl)c3Cl)CC2)c(OC)c1. The van der Waals surface area contributed by atoms with Crippen LogP contribution in [-0.2, 0) is 10.0 Å². The molecule has 2 aromatic rings. The Hall–Kier alpha value is -1.67. The maximum Gasteiger partial charge on any atom is 0.246 e. The van der Waals surface area contributed by atoms with Crippen LogP contribution in [0.1, 0.15) is 0 Å². The molecule has 0 bridgehead atoms. The molecule has 0 radical (unpaired) electrons. The van der Waals surface area contributed by atoms with Gasteiger partial charge < -0.3 is 14.4 Å². The number of benzene rings is 2. The summed E-state index contributed by atoms with van der Waals surface area (Å²) < 4.78 is 38.0. The molecular weight excluding hydrogens is 411 g/mol. The maximum absolute atomic E-state index is 13.1. The molecule has 27 heavy (non-hydrogen) atoms. The molecule has 0 spiro atoms. The van der Waals surface area contributed by atoms with E-state index in [4.69, 9.17) is 32.7 Å². The number of hydrogen-bond acceptors (Lipinski definition) is 5. The van der Waals surface area contributed by atoms with Crippen molar-refractivity contribution >= 4 is 38.9 Å². The molecule has 2 aromatic carbocycles. The molecule has 9 heteroatoms. The highest BCUT2D eigenvalue weighted by Gasteiger charge is 2.31. The molecule has 0 amide bonds. The summed E-state index contributed by atoms with van der Waals surface area (Å²) in [5.74, 6) is 0.792. The Morgan fingerprint density at radius 3 is 2.30 bits per heavy atom. The lowest BCUT2D eigenvalue weighted by Crippen LogP contribution is -2.48. The molecule has 1 fully saturated rings. The van der Waals surface area contributed by atoms with E-state index in [2.05, 4.69) is 0 Å². The fourth-order valence-corrected chi connectivity index (χ4v) is 5.01. The Morgan fingerprint density at radius 1 is 0.963 bits per heavy atom. The topological polar surface area (TPSA) is 59.1 Å². The van der Waals surface area contributed by atoms with Crippen molar-refractivity contribution in [2.75, 3.05) is 45.3 Å². The molecule has 146 valence electrons. The highest BCUT2D eigenvalue weighted by atomic mass is 35.5. The second-order valence-corrected chi connectivity index (χ2v) is 8.67. The normalized spacial score (nSPS) is 15.6. The first-order chi connectivity index (χ1) is 12.9. The minimum Gasteiger partial charge on any atom is -0.497 e. The Labute approximate surface area is 169 Å². The summed E-state index contributed by atoms with van der Waals surface area (Å²) >= 11 is 12.4. The molecular formula is C18H20Cl2N2O4S. The Bertz CT molecular complexity index is 929. The first-order valence-corrected chi connectivity index (χ1v) is 10.5. The monoisotopic (exact) mass is 430 g/mol. The third-order valence-corrected chi connectivity index (χ3v) is 7.25. The highest BCUT2D eigenvalue weighted by Crippen LogP contribution is 2.34. The number of nitrogens with zero attached hydrogens (tertiary/aromatic N) is 2. The third kappa shape index (κ3) is 3.96. The standard InChI is InChI=1S/C18H20Cl2N2O4S/c1-25-13-6-7-17(16(12-13)26-2)27(23,24)22-10-8-21(9-11-22)15-5-3-4-14(19)18(15)20/h3-7,12H,8-11H2,1-2H3. The summed E-state index contributed by atoms with van der Waals surface area (Å²) in [5, 5.41) is 0.958. The zero-order valence-electron chi connectivity index (χ0n) is 15.0. The molecule has 6 nitrogen and oxygen atoms in total. The number of piperazine rings is 1. The van der Waals surface area contributed by atoms with E-state index >= 15 is 0 Å². The van der Waals surface area contributed by atoms with E-state index in [0.29, 0.717) is 42.0 Å². The Kier molecular flexibility index (Phi) is 6.05. The maximum atomic E-state index is 13.1. The van der Waals surface area contributed by atoms with E-state index < -0.39 is 10.0 Å². The van der Waals surface area contributed by atoms with Gasteiger partial charge in [0.2, 0.25) is 10.0 Å². The molecule has 0 atom stereocenters. The zero-order valence-corrected chi connectivity index (χ0v) is 17.3. The molecule has 0 N–H and O–H groups in total. The third-order valence-electron chi connectivity index (χ3n) is 4.50. The van der Waals surface area contributed by atoms with Crippen molar-refractivity contribution in [1.82, 2.24) is 4.31 Å². The summed E-state index contributed by atoms with van der Waals surface area (Å²) in [6, 6.07) is 10.1. The lowest BCUT2D eigenvalue weighted by atomic mass is 10.2. The molecule has 1 aliphatic heterocycles. The van der Waals surface area contributed by atoms with Crippen LogP contribution in [0.25, 0.3) is 0 Å². The van der Waals surface area contributed by atoms with E-state index in [9.17, 15) is 8.42 Å². The Morgan fingerprint density at radius 2 is 1.67 bits per heavy atom. The van der Waals surface area contributed by atoms with Gasteiger partial charge in [-0.2, -0.15) is 4.31 Å². The predicted molar refractivity (Wildman–Crippen MR) is 107 cm³/mol. The van der Waals surface area contributed by atoms with Crippen molar-refractivity contribution in [3.63, 3.8) is 0 Å². The smallest absolute Gasteiger partial charge is 0.246 e. The van der Waals surface area contributed by atoms with Crippen LogP contribution in [0.5, 0.6) is 11.5 Å². The first-order valence-electron chi connectivity index (χ1n) is 8.29. The second kappa shape index (κ2) is 8.14. The molecule has 3 rings (SSSR count). The van der Waals surface area contributed by atoms with Gasteiger partial charge in [-0.3, -0.25) is 0 Å². The number of methoxy groups -OCH3 is 2. The van der Waals surface area contributed by atoms with Crippen molar-refractivity contribution in [2.24, 2.45) is 0 Å². The van der Waals surface area contributed by atoms with Crippen LogP contribution in [0.15, 0.2) is 41.3 Å². The van der Waals surface area contributed by atoms with Crippen LogP contribution in [0.2, 0.25) is 10.0 Å². The molecule has 0 unspecified atom stereocenters. The number of rotatable bonds is 5. The summed E-state index contributed by atoms with van der Waals surface area (Å²) in [4.78, 5) is 2.16. The number of ether oxygens (including phenoxy) is 2. The molecule has 1 saturated heterocycles. The van der Waals surface area contributed by atoms with Crippen LogP contribution in [-0.4, -0.2) is 53.1 Å². The van der Waals surface area contributed by atoms with Gasteiger partial charge in [0.15, 0.2) is 0 Å². The van der Waals surface area contributed by atoms with Gasteiger partial charge in [0.05, 0.1) is 30.0 Å². The Balaban J connectivity index is 1.80. The van der Waals surface area contributed by atoms with Crippen molar-refractivity contribution in [1.29, 1.82) is 0 Å². The van der Waals surface area contributed by atoms with Crippen LogP contribution in [0, 0.1) is 0 Å². The second-order valence-electron chi connectivity index (χ2n) is 5.98. The van der Waals surface area contributed by atoms with Crippen molar-refractivity contribution in [3.05, 3.63) is 46.4 Å². The molecule has 1 heterocycles. The highest BCUT2D eigenvalue weighted by molar-refractivity contribution is 7.89. The average molecular weight is 431 g/mol. The van der Waals surface area contributed by atoms with Crippen LogP contribution in [0.3, 0.4) is 0 Å². The van der Waals surface area contributed by atoms with E-state index in [1.54, 1.807) is 18.2 Å². The lowest BCUT2D eigenvalue weighted by molar-refractivity contribution is 0.370. The number of sulfonamides is 1. The van der Waals surface area contributed by atoms with Gasteiger partial charge in [-0.05, 0) is 24.3 Å². The lowest BCUT2D eigenvalue weighted by Gasteiger charge is -2.36. The molecule has 0 aromatic heterocycles. The zero-order chi connectivity index (χ0) is 19.6. The van der Waals surface area contributed by atoms with Crippen LogP contribution < -0.4 is 14.4 Å². The first kappa shape index (κ1) is 20.1. The number of hydrogen-bond donors (Lipinski definition) is 0. The minimum absolute atomic E-state index is 0.125. The van der Waals surface area contributed by atoms with Gasteiger partial charge in [0.1, 0.15) is 16.4 Å². The summed E-state index contributed by atoms with van der Waals surface area (Å²) in [5.41, 5.74) is 0.809. The largest absolute Gasteiger partial charge is 0.497 e. The van der Waals surface area contributed by atoms with Crippen LogP contribution >= 0.6 is 23.2 Å². The van der Waals surface area contributed by atoms with Gasteiger partial charge >= 0.3 is 0 Å². The summed E-state index contributed by atoms with van der Waals surface area (Å²) in [6.07, 6.45) is 0. The number of anilines is 1. The van der Waals surface area contributed by atoms with Crippen LogP contribution in [0.4, 0.5) is 5.69 Å². The summed E-state index contributed by atoms with van der Waals surface area (Å²) in [6.45, 7) is 1.69. The van der Waals surface area contributed by atoms with E-state index in [0.717, 1.165) is 5.69 Å². The molecule has 1 aliphatic rings. The molecule has 0 saturated carbocycles. The minimum atomic E-state index is -3.69. The predicted octanol–water partition coefficient (Wildman–Crippen LogP) is 3.52. The van der Waals surface area contributed by atoms with E-state index in [1.807, 2.05) is 17.0 Å². The summed E-state index contributed by atoms with van der Waals surface area (Å²) in [7, 11) is -0.732. The van der Waals surface area contributed by atoms with Crippen molar-refractivity contribution in [2.45, 2.75) is 4.90 Å². The van der Waals surface area contributed by atoms with E-state index in [1.165, 1.54) is 24.6 Å². The van der Waals surface area contributed by atoms with Crippen molar-refractivity contribution in [3.8, 4) is 11.5 Å². The van der Waals surface area contributed by atoms with Gasteiger partial charge in [-0.1, -0.05) is 29.3 Å². The molecule has 0 aliphatic carbocycles. The van der Waals surface area contributed by atoms with Gasteiger partial charge in [0.25, 0.3) is 0 Å². The quantitative estimate of drug-likeness (QED) is 0.725. The average Bonchev–Trinajstić information content (AvgIpc) is 2.69.